The third kappa shape index (κ3) is 3.50. The largest absolute Gasteiger partial charge is 0.369 e. The molecule has 2 nitrogen and oxygen atoms in total. The van der Waals surface area contributed by atoms with E-state index in [-0.39, 0.29) is 5.54 Å². The molecule has 3 heteroatoms. The highest BCUT2D eigenvalue weighted by Crippen LogP contribution is 2.42. The van der Waals surface area contributed by atoms with Crippen LogP contribution in [0.1, 0.15) is 49.8 Å². The first kappa shape index (κ1) is 17.8. The Morgan fingerprint density at radius 2 is 2.04 bits per heavy atom. The Labute approximate surface area is 158 Å². The number of fused-ring (bicyclic) bond motifs is 1. The monoisotopic (exact) mass is 394 g/mol. The zero-order chi connectivity index (χ0) is 18.2. The van der Waals surface area contributed by atoms with Crippen molar-refractivity contribution in [3.63, 3.8) is 0 Å². The van der Waals surface area contributed by atoms with Crippen molar-refractivity contribution in [3.8, 4) is 6.07 Å². The van der Waals surface area contributed by atoms with Crippen LogP contribution in [-0.2, 0) is 0 Å². The number of rotatable bonds is 2. The molecule has 0 radical (unpaired) electrons. The highest BCUT2D eigenvalue weighted by atomic mass is 79.9. The molecule has 0 fully saturated rings. The van der Waals surface area contributed by atoms with Crippen molar-refractivity contribution in [1.82, 2.24) is 0 Å². The van der Waals surface area contributed by atoms with E-state index in [9.17, 15) is 5.26 Å². The molecule has 0 N–H and O–H groups in total. The van der Waals surface area contributed by atoms with Gasteiger partial charge in [-0.25, -0.2) is 0 Å². The summed E-state index contributed by atoms with van der Waals surface area (Å²) in [7, 11) is 2.17. The van der Waals surface area contributed by atoms with E-state index in [1.54, 1.807) is 0 Å². The van der Waals surface area contributed by atoms with Gasteiger partial charge in [0, 0.05) is 22.7 Å². The van der Waals surface area contributed by atoms with Gasteiger partial charge in [0.2, 0.25) is 0 Å². The minimum Gasteiger partial charge on any atom is -0.369 e. The Morgan fingerprint density at radius 3 is 2.72 bits per heavy atom. The van der Waals surface area contributed by atoms with Crippen molar-refractivity contribution < 1.29 is 0 Å². The Morgan fingerprint density at radius 1 is 1.28 bits per heavy atom. The summed E-state index contributed by atoms with van der Waals surface area (Å²) in [5, 5.41) is 9.59. The molecular formula is C22H23BrN2. The molecule has 3 rings (SSSR count). The smallest absolute Gasteiger partial charge is 0.0998 e. The van der Waals surface area contributed by atoms with Gasteiger partial charge in [-0.15, -0.1) is 0 Å². The standard InChI is InChI=1S/C22H23BrN2/c1-15-13-22(2,3)25(4)21-9-8-16(11-20(15)21)10-18(14-24)17-6-5-7-19(23)12-17/h5-12,15H,13H2,1-4H3/b18-10-. The van der Waals surface area contributed by atoms with Gasteiger partial charge in [0.15, 0.2) is 0 Å². The number of nitrogens with zero attached hydrogens (tertiary/aromatic N) is 2. The van der Waals surface area contributed by atoms with Crippen molar-refractivity contribution in [1.29, 1.82) is 5.26 Å². The number of nitriles is 1. The number of anilines is 1. The van der Waals surface area contributed by atoms with Crippen molar-refractivity contribution >= 4 is 33.3 Å². The molecule has 1 unspecified atom stereocenters. The molecule has 128 valence electrons. The van der Waals surface area contributed by atoms with E-state index in [0.717, 1.165) is 22.0 Å². The minimum absolute atomic E-state index is 0.165. The maximum Gasteiger partial charge on any atom is 0.0998 e. The Kier molecular flexibility index (Phi) is 4.75. The summed E-state index contributed by atoms with van der Waals surface area (Å²) in [6.07, 6.45) is 3.11. The fraction of sp³-hybridized carbons (Fsp3) is 0.318. The molecule has 0 saturated carbocycles. The van der Waals surface area contributed by atoms with Gasteiger partial charge in [0.25, 0.3) is 0 Å². The maximum atomic E-state index is 9.59. The molecule has 1 aliphatic rings. The average Bonchev–Trinajstić information content (AvgIpc) is 2.57. The van der Waals surface area contributed by atoms with E-state index in [4.69, 9.17) is 0 Å². The first-order valence-electron chi connectivity index (χ1n) is 8.57. The van der Waals surface area contributed by atoms with Gasteiger partial charge >= 0.3 is 0 Å². The van der Waals surface area contributed by atoms with E-state index >= 15 is 0 Å². The summed E-state index contributed by atoms with van der Waals surface area (Å²) in [6.45, 7) is 6.88. The van der Waals surface area contributed by atoms with Crippen molar-refractivity contribution in [2.24, 2.45) is 0 Å². The molecule has 1 heterocycles. The summed E-state index contributed by atoms with van der Waals surface area (Å²) in [5.41, 5.74) is 5.51. The van der Waals surface area contributed by atoms with Gasteiger partial charge in [-0.2, -0.15) is 5.26 Å². The molecule has 1 aliphatic heterocycles. The number of allylic oxidation sites excluding steroid dienone is 1. The van der Waals surface area contributed by atoms with Crippen LogP contribution in [0.15, 0.2) is 46.9 Å². The van der Waals surface area contributed by atoms with Crippen LogP contribution >= 0.6 is 15.9 Å². The van der Waals surface area contributed by atoms with Gasteiger partial charge in [0.05, 0.1) is 11.6 Å². The quantitative estimate of drug-likeness (QED) is 0.445. The van der Waals surface area contributed by atoms with Crippen LogP contribution in [0.25, 0.3) is 11.6 Å². The maximum absolute atomic E-state index is 9.59. The van der Waals surface area contributed by atoms with E-state index in [1.807, 2.05) is 30.3 Å². The summed E-state index contributed by atoms with van der Waals surface area (Å²) in [4.78, 5) is 2.37. The molecule has 25 heavy (non-hydrogen) atoms. The van der Waals surface area contributed by atoms with E-state index in [1.165, 1.54) is 11.3 Å². The lowest BCUT2D eigenvalue weighted by atomic mass is 9.80. The van der Waals surface area contributed by atoms with Crippen LogP contribution in [0, 0.1) is 11.3 Å². The van der Waals surface area contributed by atoms with Crippen LogP contribution < -0.4 is 4.90 Å². The second-order valence-electron chi connectivity index (χ2n) is 7.48. The van der Waals surface area contributed by atoms with Crippen LogP contribution in [0.3, 0.4) is 0 Å². The number of halogens is 1. The highest BCUT2D eigenvalue weighted by molar-refractivity contribution is 9.10. The second-order valence-corrected chi connectivity index (χ2v) is 8.39. The molecule has 2 aromatic carbocycles. The Hall–Kier alpha value is -2.05. The lowest BCUT2D eigenvalue weighted by Gasteiger charge is -2.45. The fourth-order valence-corrected chi connectivity index (χ4v) is 4.09. The Bertz CT molecular complexity index is 874. The SMILES string of the molecule is CC1CC(C)(C)N(C)c2ccc(/C=C(/C#N)c3cccc(Br)c3)cc21. The number of hydrogen-bond acceptors (Lipinski definition) is 2. The molecule has 0 spiro atoms. The van der Waals surface area contributed by atoms with Gasteiger partial charge in [-0.1, -0.05) is 41.1 Å². The first-order valence-corrected chi connectivity index (χ1v) is 9.36. The molecule has 0 saturated heterocycles. The van der Waals surface area contributed by atoms with Gasteiger partial charge in [-0.3, -0.25) is 0 Å². The fourth-order valence-electron chi connectivity index (χ4n) is 3.69. The summed E-state index contributed by atoms with van der Waals surface area (Å²) < 4.78 is 0.981. The third-order valence-electron chi connectivity index (χ3n) is 5.22. The van der Waals surface area contributed by atoms with Crippen LogP contribution in [0.2, 0.25) is 0 Å². The van der Waals surface area contributed by atoms with Gasteiger partial charge in [-0.05, 0) is 73.2 Å². The molecule has 1 atom stereocenters. The average molecular weight is 395 g/mol. The van der Waals surface area contributed by atoms with Crippen molar-refractivity contribution in [3.05, 3.63) is 63.6 Å². The van der Waals surface area contributed by atoms with E-state index in [0.29, 0.717) is 11.5 Å². The normalized spacial score (nSPS) is 19.3. The van der Waals surface area contributed by atoms with Gasteiger partial charge < -0.3 is 4.90 Å². The lowest BCUT2D eigenvalue weighted by molar-refractivity contribution is 0.395. The highest BCUT2D eigenvalue weighted by Gasteiger charge is 2.33. The zero-order valence-electron chi connectivity index (χ0n) is 15.2. The van der Waals surface area contributed by atoms with Gasteiger partial charge in [0.1, 0.15) is 0 Å². The number of benzene rings is 2. The molecule has 0 aliphatic carbocycles. The van der Waals surface area contributed by atoms with Crippen LogP contribution in [0.4, 0.5) is 5.69 Å². The van der Waals surface area contributed by atoms with Crippen molar-refractivity contribution in [2.45, 2.75) is 38.6 Å². The zero-order valence-corrected chi connectivity index (χ0v) is 16.8. The van der Waals surface area contributed by atoms with Crippen molar-refractivity contribution in [2.75, 3.05) is 11.9 Å². The third-order valence-corrected chi connectivity index (χ3v) is 5.72. The predicted octanol–water partition coefficient (Wildman–Crippen LogP) is 6.24. The predicted molar refractivity (Wildman–Crippen MR) is 110 cm³/mol. The van der Waals surface area contributed by atoms with E-state index < -0.39 is 0 Å². The first-order chi connectivity index (χ1) is 11.8. The summed E-state index contributed by atoms with van der Waals surface area (Å²) >= 11 is 3.48. The van der Waals surface area contributed by atoms with E-state index in [2.05, 4.69) is 72.9 Å². The van der Waals surface area contributed by atoms with Crippen LogP contribution in [-0.4, -0.2) is 12.6 Å². The molecule has 0 aromatic heterocycles. The molecule has 2 aromatic rings. The number of hydrogen-bond donors (Lipinski definition) is 0. The topological polar surface area (TPSA) is 27.0 Å². The minimum atomic E-state index is 0.165. The Balaban J connectivity index is 2.03. The second kappa shape index (κ2) is 6.69. The summed E-state index contributed by atoms with van der Waals surface area (Å²) in [5.74, 6) is 0.506. The summed E-state index contributed by atoms with van der Waals surface area (Å²) in [6, 6.07) is 16.7. The molecule has 0 amide bonds. The van der Waals surface area contributed by atoms with Crippen LogP contribution in [0.5, 0.6) is 0 Å². The molecular weight excluding hydrogens is 372 g/mol. The molecule has 0 bridgehead atoms. The lowest BCUT2D eigenvalue weighted by Crippen LogP contribution is -2.45.